The Labute approximate surface area is 296 Å². The Morgan fingerprint density at radius 1 is 0.816 bits per heavy atom. The number of carbonyl (C=O) groups is 5. The van der Waals surface area contributed by atoms with Gasteiger partial charge in [0.25, 0.3) is 0 Å². The molecule has 0 spiro atoms. The van der Waals surface area contributed by atoms with Crippen LogP contribution in [0.25, 0.3) is 0 Å². The van der Waals surface area contributed by atoms with Gasteiger partial charge in [0.15, 0.2) is 0 Å². The standard InChI is InChI=1S/C35H62N6O7S/c1-12-25(15-29-38-24(11)18-49-29)32(44)40-27(17-37-35(47)48-22(8)9)33(45)39-26(13-19(2)3)28(42)14-23(10)31(43)41-30(21(6)7)34(46)36-16-20(4)5/h18-23,25-28,30,42H,12-17H2,1-11H3,(H,36,46)(H,37,47)(H,39,45)(H,40,44)(H,41,43)/t23-,25+,26+,27+,28+,30+/m1/s1. The summed E-state index contributed by atoms with van der Waals surface area (Å²) in [6.07, 6.45) is -0.921. The lowest BCUT2D eigenvalue weighted by Crippen LogP contribution is -2.57. The predicted molar refractivity (Wildman–Crippen MR) is 192 cm³/mol. The molecule has 0 saturated carbocycles. The molecule has 0 aliphatic carbocycles. The zero-order chi connectivity index (χ0) is 37.4. The van der Waals surface area contributed by atoms with Crippen molar-refractivity contribution in [1.82, 2.24) is 31.6 Å². The number of aliphatic hydroxyl groups is 1. The maximum Gasteiger partial charge on any atom is 0.407 e. The second kappa shape index (κ2) is 21.7. The molecule has 1 aromatic rings. The van der Waals surface area contributed by atoms with Gasteiger partial charge in [-0.2, -0.15) is 0 Å². The lowest BCUT2D eigenvalue weighted by molar-refractivity contribution is -0.133. The molecule has 13 nitrogen and oxygen atoms in total. The van der Waals surface area contributed by atoms with Gasteiger partial charge in [-0.25, -0.2) is 9.78 Å². The Balaban J connectivity index is 3.10. The first-order chi connectivity index (χ1) is 22.8. The Hall–Kier alpha value is -3.26. The van der Waals surface area contributed by atoms with Crippen molar-refractivity contribution in [2.24, 2.45) is 29.6 Å². The first-order valence-corrected chi connectivity index (χ1v) is 18.4. The summed E-state index contributed by atoms with van der Waals surface area (Å²) in [5, 5.41) is 28.0. The molecule has 5 amide bonds. The van der Waals surface area contributed by atoms with Gasteiger partial charge < -0.3 is 36.4 Å². The van der Waals surface area contributed by atoms with Crippen molar-refractivity contribution in [2.75, 3.05) is 13.1 Å². The van der Waals surface area contributed by atoms with Crippen LogP contribution in [-0.4, -0.2) is 83.2 Å². The minimum atomic E-state index is -1.17. The van der Waals surface area contributed by atoms with Gasteiger partial charge in [-0.15, -0.1) is 11.3 Å². The molecule has 14 heteroatoms. The number of nitrogens with zero attached hydrogens (tertiary/aromatic N) is 1. The van der Waals surface area contributed by atoms with Crippen molar-refractivity contribution in [3.8, 4) is 0 Å². The highest BCUT2D eigenvalue weighted by atomic mass is 32.1. The molecule has 0 saturated heterocycles. The molecule has 0 aliphatic heterocycles. The average molecular weight is 711 g/mol. The second-order valence-corrected chi connectivity index (χ2v) is 15.3. The van der Waals surface area contributed by atoms with Gasteiger partial charge in [0.05, 0.1) is 29.8 Å². The predicted octanol–water partition coefficient (Wildman–Crippen LogP) is 3.47. The molecule has 6 N–H and O–H groups in total. The highest BCUT2D eigenvalue weighted by Gasteiger charge is 2.33. The van der Waals surface area contributed by atoms with Crippen molar-refractivity contribution in [3.63, 3.8) is 0 Å². The topological polar surface area (TPSA) is 188 Å². The van der Waals surface area contributed by atoms with Crippen molar-refractivity contribution in [3.05, 3.63) is 16.1 Å². The molecule has 0 bridgehead atoms. The van der Waals surface area contributed by atoms with Crippen LogP contribution in [0, 0.1) is 36.5 Å². The fourth-order valence-corrected chi connectivity index (χ4v) is 5.91. The van der Waals surface area contributed by atoms with E-state index in [1.807, 2.05) is 60.8 Å². The summed E-state index contributed by atoms with van der Waals surface area (Å²) in [7, 11) is 0. The largest absolute Gasteiger partial charge is 0.447 e. The van der Waals surface area contributed by atoms with Gasteiger partial charge in [0, 0.05) is 35.9 Å². The molecule has 0 aromatic carbocycles. The SMILES string of the molecule is CC[C@@H](Cc1nc(C)cs1)C(=O)N[C@@H](CNC(=O)OC(C)C)C(=O)N[C@@H](CC(C)C)[C@@H](O)C[C@@H](C)C(=O)N[C@H](C(=O)NCC(C)C)C(C)C. The number of alkyl carbamates (subject to hydrolysis) is 1. The van der Waals surface area contributed by atoms with Crippen molar-refractivity contribution in [2.45, 2.75) is 132 Å². The number of aromatic nitrogens is 1. The van der Waals surface area contributed by atoms with Crippen LogP contribution in [0.2, 0.25) is 0 Å². The summed E-state index contributed by atoms with van der Waals surface area (Å²) in [6.45, 7) is 20.6. The van der Waals surface area contributed by atoms with E-state index < -0.39 is 48.1 Å². The summed E-state index contributed by atoms with van der Waals surface area (Å²) in [5.74, 6) is -2.57. The Morgan fingerprint density at radius 2 is 1.47 bits per heavy atom. The lowest BCUT2D eigenvalue weighted by Gasteiger charge is -2.30. The molecule has 280 valence electrons. The Morgan fingerprint density at radius 3 is 1.98 bits per heavy atom. The number of ether oxygens (including phenoxy) is 1. The van der Waals surface area contributed by atoms with Gasteiger partial charge in [0.1, 0.15) is 12.1 Å². The number of aliphatic hydroxyl groups excluding tert-OH is 1. The molecule has 0 aliphatic rings. The minimum Gasteiger partial charge on any atom is -0.447 e. The number of rotatable bonds is 21. The van der Waals surface area contributed by atoms with Crippen LogP contribution >= 0.6 is 11.3 Å². The molecule has 0 radical (unpaired) electrons. The maximum absolute atomic E-state index is 13.7. The van der Waals surface area contributed by atoms with E-state index in [1.54, 1.807) is 20.8 Å². The number of amides is 5. The van der Waals surface area contributed by atoms with Gasteiger partial charge in [0.2, 0.25) is 23.6 Å². The van der Waals surface area contributed by atoms with Crippen LogP contribution in [0.3, 0.4) is 0 Å². The molecule has 0 unspecified atom stereocenters. The molecule has 49 heavy (non-hydrogen) atoms. The van der Waals surface area contributed by atoms with E-state index in [2.05, 4.69) is 31.6 Å². The Kier molecular flexibility index (Phi) is 19.4. The minimum absolute atomic E-state index is 0.0169. The molecular weight excluding hydrogens is 648 g/mol. The highest BCUT2D eigenvalue weighted by molar-refractivity contribution is 7.09. The van der Waals surface area contributed by atoms with Crippen molar-refractivity contribution in [1.29, 1.82) is 0 Å². The monoisotopic (exact) mass is 710 g/mol. The second-order valence-electron chi connectivity index (χ2n) is 14.4. The number of nitrogens with one attached hydrogen (secondary N) is 5. The number of carbonyl (C=O) groups excluding carboxylic acids is 5. The average Bonchev–Trinajstić information content (AvgIpc) is 3.42. The quantitative estimate of drug-likeness (QED) is 0.112. The number of aryl methyl sites for hydroxylation is 1. The molecule has 1 heterocycles. The van der Waals surface area contributed by atoms with Crippen LogP contribution in [0.15, 0.2) is 5.38 Å². The summed E-state index contributed by atoms with van der Waals surface area (Å²) in [4.78, 5) is 69.9. The van der Waals surface area contributed by atoms with Crippen molar-refractivity contribution >= 4 is 41.1 Å². The van der Waals surface area contributed by atoms with E-state index in [-0.39, 0.29) is 54.5 Å². The third kappa shape index (κ3) is 16.8. The van der Waals surface area contributed by atoms with Gasteiger partial charge in [-0.3, -0.25) is 19.2 Å². The van der Waals surface area contributed by atoms with Gasteiger partial charge in [-0.05, 0) is 57.8 Å². The fourth-order valence-electron chi connectivity index (χ4n) is 5.05. The zero-order valence-corrected chi connectivity index (χ0v) is 32.2. The van der Waals surface area contributed by atoms with Gasteiger partial charge in [-0.1, -0.05) is 55.4 Å². The lowest BCUT2D eigenvalue weighted by atomic mass is 9.91. The first-order valence-electron chi connectivity index (χ1n) is 17.6. The van der Waals surface area contributed by atoms with Crippen LogP contribution in [0.4, 0.5) is 4.79 Å². The third-order valence-electron chi connectivity index (χ3n) is 7.87. The summed E-state index contributed by atoms with van der Waals surface area (Å²) < 4.78 is 5.15. The normalized spacial score (nSPS) is 15.3. The highest BCUT2D eigenvalue weighted by Crippen LogP contribution is 2.19. The number of hydrogen-bond donors (Lipinski definition) is 6. The molecule has 1 rings (SSSR count). The van der Waals surface area contributed by atoms with Crippen molar-refractivity contribution < 1.29 is 33.8 Å². The Bertz CT molecular complexity index is 1200. The molecular formula is C35H62N6O7S. The summed E-state index contributed by atoms with van der Waals surface area (Å²) >= 11 is 1.47. The fraction of sp³-hybridized carbons (Fsp3) is 0.771. The van der Waals surface area contributed by atoms with E-state index in [0.29, 0.717) is 25.8 Å². The number of thiazole rings is 1. The smallest absolute Gasteiger partial charge is 0.407 e. The number of hydrogen-bond acceptors (Lipinski definition) is 9. The van der Waals surface area contributed by atoms with Crippen LogP contribution in [0.1, 0.15) is 99.2 Å². The van der Waals surface area contributed by atoms with Crippen LogP contribution in [-0.2, 0) is 30.3 Å². The first kappa shape index (κ1) is 43.8. The van der Waals surface area contributed by atoms with Gasteiger partial charge >= 0.3 is 6.09 Å². The molecule has 0 fully saturated rings. The summed E-state index contributed by atoms with van der Waals surface area (Å²) in [6, 6.07) is -2.67. The van der Waals surface area contributed by atoms with E-state index in [9.17, 15) is 29.1 Å². The third-order valence-corrected chi connectivity index (χ3v) is 8.86. The maximum atomic E-state index is 13.7. The van der Waals surface area contributed by atoms with E-state index in [1.165, 1.54) is 11.3 Å². The van der Waals surface area contributed by atoms with Crippen LogP contribution in [0.5, 0.6) is 0 Å². The summed E-state index contributed by atoms with van der Waals surface area (Å²) in [5.41, 5.74) is 0.869. The van der Waals surface area contributed by atoms with Crippen LogP contribution < -0.4 is 26.6 Å². The van der Waals surface area contributed by atoms with E-state index in [0.717, 1.165) is 10.7 Å². The van der Waals surface area contributed by atoms with E-state index >= 15 is 0 Å². The van der Waals surface area contributed by atoms with E-state index in [4.69, 9.17) is 4.74 Å². The zero-order valence-electron chi connectivity index (χ0n) is 31.3. The molecule has 6 atom stereocenters. The molecule has 1 aromatic heterocycles.